The number of unbranched alkanes of at least 4 members (excludes halogenated alkanes) is 1. The molecule has 72 heavy (non-hydrogen) atoms. The van der Waals surface area contributed by atoms with Gasteiger partial charge in [-0.05, 0) is 84.6 Å². The number of nitrogens with one attached hydrogen (secondary N) is 1. The molecule has 1 atom stereocenters. The van der Waals surface area contributed by atoms with Gasteiger partial charge in [-0.3, -0.25) is 14.5 Å². The molecular formula is C51H55N11O10. The van der Waals surface area contributed by atoms with Crippen LogP contribution in [0, 0.1) is 0 Å². The van der Waals surface area contributed by atoms with Crippen molar-refractivity contribution in [3.05, 3.63) is 125 Å². The maximum Gasteiger partial charge on any atom is 0.326 e. The van der Waals surface area contributed by atoms with Gasteiger partial charge in [-0.2, -0.15) is 9.97 Å². The third-order valence-electron chi connectivity index (χ3n) is 11.8. The molecule has 21 nitrogen and oxygen atoms in total. The Balaban J connectivity index is 0.000000196. The standard InChI is InChI=1S/C31H33N3O5.C20H22N8O5/c1-3-4-13-34-24(16-32-31(34)25-7-5-6-8-26(25)35-2)19-33(17-22-9-11-27-29(14-22)38-20-36-27)18-23-10-12-28-30(15-23)39-21-37-28;1-28(9-11-8-23-17-15(24-11)16(21)26-20(22)27-17)12-4-2-10(3-5-12)18(31)25-13(19(32)33)6-7-14(29)30/h5-12,14-16H,3-4,13,17-21H2,1-2H3;2-5,8,13H,6-7,9H2,1H3,(H,25,31)(H,29,30)(H,32,33)(H4,21,22,23,26,27)/t;13-/m.0/s1. The zero-order valence-electron chi connectivity index (χ0n) is 40.0. The monoisotopic (exact) mass is 981 g/mol. The van der Waals surface area contributed by atoms with Crippen LogP contribution >= 0.6 is 0 Å². The number of methoxy groups -OCH3 is 1. The summed E-state index contributed by atoms with van der Waals surface area (Å²) in [6, 6.07) is 25.6. The van der Waals surface area contributed by atoms with E-state index in [0.717, 1.165) is 102 Å². The number of amides is 1. The van der Waals surface area contributed by atoms with Gasteiger partial charge in [0, 0.05) is 50.9 Å². The number of aromatic nitrogens is 6. The molecule has 2 aliphatic heterocycles. The molecule has 0 radical (unpaired) electrons. The van der Waals surface area contributed by atoms with E-state index in [-0.39, 0.29) is 43.8 Å². The number of carboxylic acid groups (broad SMARTS) is 2. The first kappa shape index (κ1) is 49.7. The summed E-state index contributed by atoms with van der Waals surface area (Å²) in [4.78, 5) is 60.0. The number of rotatable bonds is 20. The van der Waals surface area contributed by atoms with Crippen molar-refractivity contribution in [3.8, 4) is 40.1 Å². The van der Waals surface area contributed by atoms with Gasteiger partial charge in [0.25, 0.3) is 5.91 Å². The van der Waals surface area contributed by atoms with Crippen molar-refractivity contribution in [2.45, 2.75) is 71.4 Å². The molecule has 0 saturated heterocycles. The van der Waals surface area contributed by atoms with Crippen LogP contribution in [-0.4, -0.2) is 96.2 Å². The van der Waals surface area contributed by atoms with E-state index >= 15 is 0 Å². The van der Waals surface area contributed by atoms with Crippen LogP contribution in [0.3, 0.4) is 0 Å². The molecule has 21 heteroatoms. The minimum atomic E-state index is -1.30. The van der Waals surface area contributed by atoms with Crippen molar-refractivity contribution in [3.63, 3.8) is 0 Å². The number of hydrogen-bond acceptors (Lipinski definition) is 17. The number of benzene rings is 4. The first-order valence-corrected chi connectivity index (χ1v) is 23.1. The number of imidazole rings is 1. The highest BCUT2D eigenvalue weighted by atomic mass is 16.7. The molecule has 0 bridgehead atoms. The number of anilines is 3. The number of nitrogens with two attached hydrogens (primary N) is 2. The largest absolute Gasteiger partial charge is 0.496 e. The Morgan fingerprint density at radius 2 is 1.47 bits per heavy atom. The molecule has 0 unspecified atom stereocenters. The molecule has 0 spiro atoms. The van der Waals surface area contributed by atoms with E-state index in [1.165, 1.54) is 12.1 Å². The number of fused-ring (bicyclic) bond motifs is 3. The Morgan fingerprint density at radius 1 is 0.806 bits per heavy atom. The number of carboxylic acids is 2. The third kappa shape index (κ3) is 12.2. The molecule has 7 aromatic rings. The summed E-state index contributed by atoms with van der Waals surface area (Å²) in [6.07, 6.45) is 5.13. The van der Waals surface area contributed by atoms with E-state index < -0.39 is 23.9 Å². The SMILES string of the molecule is CCCCn1c(CN(Cc2ccc3c(c2)OCO3)Cc2ccc3c(c2)OCO3)cnc1-c1ccccc1OC.CN(Cc1cnc2nc(N)nc(N)c2n1)c1ccc(C(=O)N[C@@H](CCC(=O)O)C(=O)O)cc1. The fraction of sp³-hybridized carbons (Fsp3) is 0.294. The zero-order valence-corrected chi connectivity index (χ0v) is 40.0. The van der Waals surface area contributed by atoms with Crippen LogP contribution in [0.5, 0.6) is 28.7 Å². The number of nitrogen functional groups attached to an aromatic ring is 2. The van der Waals surface area contributed by atoms with E-state index in [4.69, 9.17) is 45.2 Å². The van der Waals surface area contributed by atoms with Crippen LogP contribution in [-0.2, 0) is 42.3 Å². The fourth-order valence-electron chi connectivity index (χ4n) is 8.17. The van der Waals surface area contributed by atoms with Gasteiger partial charge in [0.2, 0.25) is 19.5 Å². The number of carbonyl (C=O) groups is 3. The lowest BCUT2D eigenvalue weighted by atomic mass is 10.1. The van der Waals surface area contributed by atoms with Crippen LogP contribution in [0.1, 0.15) is 65.5 Å². The molecule has 2 aliphatic rings. The van der Waals surface area contributed by atoms with Crippen molar-refractivity contribution >= 4 is 46.5 Å². The van der Waals surface area contributed by atoms with Gasteiger partial charge in [-0.15, -0.1) is 0 Å². The van der Waals surface area contributed by atoms with Gasteiger partial charge < -0.3 is 60.1 Å². The zero-order chi connectivity index (χ0) is 50.7. The Bertz CT molecular complexity index is 3000. The summed E-state index contributed by atoms with van der Waals surface area (Å²) in [5, 5.41) is 20.2. The molecule has 0 aliphatic carbocycles. The normalized spacial score (nSPS) is 12.6. The van der Waals surface area contributed by atoms with E-state index in [1.54, 1.807) is 25.4 Å². The Hall–Kier alpha value is -8.72. The molecule has 4 aromatic carbocycles. The predicted molar refractivity (Wildman–Crippen MR) is 265 cm³/mol. The van der Waals surface area contributed by atoms with Crippen molar-refractivity contribution in [1.29, 1.82) is 0 Å². The maximum atomic E-state index is 12.4. The van der Waals surface area contributed by atoms with E-state index in [0.29, 0.717) is 23.4 Å². The first-order valence-electron chi connectivity index (χ1n) is 23.1. The topological polar surface area (TPSA) is 278 Å². The second-order valence-electron chi connectivity index (χ2n) is 17.0. The average Bonchev–Trinajstić information content (AvgIpc) is 4.15. The fourth-order valence-corrected chi connectivity index (χ4v) is 8.17. The molecule has 5 heterocycles. The molecular weight excluding hydrogens is 927 g/mol. The highest BCUT2D eigenvalue weighted by molar-refractivity contribution is 5.97. The number of nitrogens with zero attached hydrogens (tertiary/aromatic N) is 8. The number of ether oxygens (including phenoxy) is 5. The minimum absolute atomic E-state index is 0.0138. The van der Waals surface area contributed by atoms with Gasteiger partial charge in [-0.25, -0.2) is 19.7 Å². The van der Waals surface area contributed by atoms with Gasteiger partial charge in [0.15, 0.2) is 40.0 Å². The number of para-hydroxylation sites is 1. The van der Waals surface area contributed by atoms with Crippen molar-refractivity contribution < 1.29 is 48.3 Å². The number of hydrogen-bond donors (Lipinski definition) is 5. The Labute approximate surface area is 414 Å². The summed E-state index contributed by atoms with van der Waals surface area (Å²) in [5.41, 5.74) is 18.1. The lowest BCUT2D eigenvalue weighted by molar-refractivity contribution is -0.140. The lowest BCUT2D eigenvalue weighted by Gasteiger charge is -2.24. The average molecular weight is 982 g/mol. The van der Waals surface area contributed by atoms with Crippen LogP contribution in [0.15, 0.2) is 97.3 Å². The summed E-state index contributed by atoms with van der Waals surface area (Å²) >= 11 is 0. The van der Waals surface area contributed by atoms with Crippen LogP contribution in [0.2, 0.25) is 0 Å². The molecule has 3 aromatic heterocycles. The molecule has 374 valence electrons. The maximum absolute atomic E-state index is 12.4. The van der Waals surface area contributed by atoms with Crippen LogP contribution in [0.25, 0.3) is 22.6 Å². The molecule has 1 amide bonds. The van der Waals surface area contributed by atoms with Crippen LogP contribution in [0.4, 0.5) is 17.5 Å². The van der Waals surface area contributed by atoms with Gasteiger partial charge >= 0.3 is 11.9 Å². The molecule has 9 rings (SSSR count). The summed E-state index contributed by atoms with van der Waals surface area (Å²) in [7, 11) is 3.52. The number of aliphatic carboxylic acids is 2. The smallest absolute Gasteiger partial charge is 0.326 e. The Kier molecular flexibility index (Phi) is 15.7. The van der Waals surface area contributed by atoms with E-state index in [9.17, 15) is 19.5 Å². The summed E-state index contributed by atoms with van der Waals surface area (Å²) < 4.78 is 30.4. The van der Waals surface area contributed by atoms with E-state index in [1.807, 2.05) is 48.5 Å². The highest BCUT2D eigenvalue weighted by Gasteiger charge is 2.23. The van der Waals surface area contributed by atoms with Crippen molar-refractivity contribution in [2.75, 3.05) is 44.1 Å². The first-order chi connectivity index (χ1) is 34.8. The van der Waals surface area contributed by atoms with Gasteiger partial charge in [-0.1, -0.05) is 37.6 Å². The van der Waals surface area contributed by atoms with Crippen molar-refractivity contribution in [1.82, 2.24) is 39.7 Å². The van der Waals surface area contributed by atoms with E-state index in [2.05, 4.69) is 72.0 Å². The Morgan fingerprint density at radius 3 is 2.11 bits per heavy atom. The molecule has 0 saturated carbocycles. The number of carbonyl (C=O) groups excluding carboxylic acids is 1. The van der Waals surface area contributed by atoms with Gasteiger partial charge in [0.05, 0.1) is 43.0 Å². The van der Waals surface area contributed by atoms with Gasteiger partial charge in [0.1, 0.15) is 17.6 Å². The van der Waals surface area contributed by atoms with Crippen LogP contribution < -0.4 is 45.4 Å². The second kappa shape index (κ2) is 22.8. The lowest BCUT2D eigenvalue weighted by Crippen LogP contribution is -2.41. The molecule has 7 N–H and O–H groups in total. The molecule has 0 fully saturated rings. The second-order valence-corrected chi connectivity index (χ2v) is 17.0. The minimum Gasteiger partial charge on any atom is -0.496 e. The third-order valence-corrected chi connectivity index (χ3v) is 11.8. The van der Waals surface area contributed by atoms with Crippen molar-refractivity contribution in [2.24, 2.45) is 0 Å². The highest BCUT2D eigenvalue weighted by Crippen LogP contribution is 2.36. The quantitative estimate of drug-likeness (QED) is 0.0561. The summed E-state index contributed by atoms with van der Waals surface area (Å²) in [6.45, 7) is 6.18. The summed E-state index contributed by atoms with van der Waals surface area (Å²) in [5.74, 6) is 2.02. The predicted octanol–water partition coefficient (Wildman–Crippen LogP) is 6.29.